The smallest absolute Gasteiger partial charge is 0.360 e. The van der Waals surface area contributed by atoms with Gasteiger partial charge in [-0.25, -0.2) is 14.8 Å². The second-order valence-corrected chi connectivity index (χ2v) is 7.19. The standard InChI is InChI=1S/C21H14N2O4S/c1-2-26-21(25)16-17(24)19-14(10-22-16)23-20(28-19)13-8-5-7-12-11-6-3-4-9-15(11)27-18(12)13/h3-10,24H,2H2,1H3. The summed E-state index contributed by atoms with van der Waals surface area (Å²) in [6.07, 6.45) is 1.47. The molecule has 0 aliphatic carbocycles. The van der Waals surface area contributed by atoms with Gasteiger partial charge in [-0.2, -0.15) is 0 Å². The normalized spacial score (nSPS) is 11.5. The lowest BCUT2D eigenvalue weighted by molar-refractivity contribution is 0.0516. The maximum atomic E-state index is 12.0. The summed E-state index contributed by atoms with van der Waals surface area (Å²) in [5, 5.41) is 13.2. The summed E-state index contributed by atoms with van der Waals surface area (Å²) in [6, 6.07) is 13.7. The van der Waals surface area contributed by atoms with Crippen LogP contribution in [0, 0.1) is 0 Å². The Morgan fingerprint density at radius 3 is 2.86 bits per heavy atom. The van der Waals surface area contributed by atoms with E-state index in [2.05, 4.69) is 9.97 Å². The largest absolute Gasteiger partial charge is 0.504 e. The van der Waals surface area contributed by atoms with E-state index in [0.717, 1.165) is 27.5 Å². The van der Waals surface area contributed by atoms with Crippen molar-refractivity contribution < 1.29 is 19.1 Å². The second-order valence-electron chi connectivity index (χ2n) is 6.19. The van der Waals surface area contributed by atoms with Crippen molar-refractivity contribution in [3.63, 3.8) is 0 Å². The summed E-state index contributed by atoms with van der Waals surface area (Å²) >= 11 is 1.28. The van der Waals surface area contributed by atoms with Crippen molar-refractivity contribution in [2.75, 3.05) is 6.61 Å². The van der Waals surface area contributed by atoms with Crippen molar-refractivity contribution in [3.8, 4) is 16.3 Å². The van der Waals surface area contributed by atoms with Crippen LogP contribution < -0.4 is 0 Å². The lowest BCUT2D eigenvalue weighted by Gasteiger charge is -2.02. The van der Waals surface area contributed by atoms with Gasteiger partial charge in [0.05, 0.1) is 18.4 Å². The van der Waals surface area contributed by atoms with Gasteiger partial charge in [-0.15, -0.1) is 11.3 Å². The third-order valence-electron chi connectivity index (χ3n) is 4.51. The van der Waals surface area contributed by atoms with Crippen LogP contribution in [0.1, 0.15) is 17.4 Å². The van der Waals surface area contributed by atoms with E-state index in [0.29, 0.717) is 15.2 Å². The first-order chi connectivity index (χ1) is 13.7. The van der Waals surface area contributed by atoms with Gasteiger partial charge in [-0.1, -0.05) is 30.3 Å². The molecule has 6 nitrogen and oxygen atoms in total. The molecule has 0 saturated heterocycles. The first-order valence-corrected chi connectivity index (χ1v) is 9.55. The van der Waals surface area contributed by atoms with Crippen molar-refractivity contribution in [1.29, 1.82) is 0 Å². The number of furan rings is 1. The number of fused-ring (bicyclic) bond motifs is 4. The Kier molecular flexibility index (Phi) is 3.77. The first-order valence-electron chi connectivity index (χ1n) is 8.73. The molecule has 0 saturated carbocycles. The van der Waals surface area contributed by atoms with Crippen LogP contribution in [0.5, 0.6) is 5.75 Å². The number of pyridine rings is 1. The van der Waals surface area contributed by atoms with E-state index in [1.807, 2.05) is 42.5 Å². The number of thiazole rings is 1. The summed E-state index contributed by atoms with van der Waals surface area (Å²) < 4.78 is 11.5. The molecule has 5 aromatic rings. The maximum Gasteiger partial charge on any atom is 0.360 e. The van der Waals surface area contributed by atoms with Gasteiger partial charge in [-0.05, 0) is 19.1 Å². The number of hydrogen-bond donors (Lipinski definition) is 1. The minimum Gasteiger partial charge on any atom is -0.504 e. The molecular formula is C21H14N2O4S. The predicted molar refractivity (Wildman–Crippen MR) is 108 cm³/mol. The molecule has 0 radical (unpaired) electrons. The highest BCUT2D eigenvalue weighted by atomic mass is 32.1. The number of aromatic hydroxyl groups is 1. The third kappa shape index (κ3) is 2.44. The van der Waals surface area contributed by atoms with Gasteiger partial charge in [0.2, 0.25) is 0 Å². The highest BCUT2D eigenvalue weighted by molar-refractivity contribution is 7.22. The van der Waals surface area contributed by atoms with Crippen molar-refractivity contribution in [3.05, 3.63) is 54.4 Å². The van der Waals surface area contributed by atoms with Gasteiger partial charge in [0, 0.05) is 10.8 Å². The Morgan fingerprint density at radius 2 is 2.00 bits per heavy atom. The van der Waals surface area contributed by atoms with Crippen LogP contribution in [0.3, 0.4) is 0 Å². The molecule has 1 N–H and O–H groups in total. The van der Waals surface area contributed by atoms with Gasteiger partial charge >= 0.3 is 5.97 Å². The highest BCUT2D eigenvalue weighted by Crippen LogP contribution is 2.41. The van der Waals surface area contributed by atoms with E-state index in [-0.39, 0.29) is 18.1 Å². The van der Waals surface area contributed by atoms with Crippen LogP contribution in [0.15, 0.2) is 53.1 Å². The molecular weight excluding hydrogens is 376 g/mol. The Balaban J connectivity index is 1.71. The first kappa shape index (κ1) is 16.7. The Hall–Kier alpha value is -3.45. The van der Waals surface area contributed by atoms with Crippen LogP contribution >= 0.6 is 11.3 Å². The van der Waals surface area contributed by atoms with Crippen molar-refractivity contribution in [1.82, 2.24) is 9.97 Å². The Morgan fingerprint density at radius 1 is 1.18 bits per heavy atom. The number of ether oxygens (including phenoxy) is 1. The number of nitrogens with zero attached hydrogens (tertiary/aromatic N) is 2. The number of benzene rings is 2. The molecule has 0 aliphatic rings. The van der Waals surface area contributed by atoms with Gasteiger partial charge in [0.15, 0.2) is 11.4 Å². The quantitative estimate of drug-likeness (QED) is 0.429. The van der Waals surface area contributed by atoms with Gasteiger partial charge in [0.1, 0.15) is 26.4 Å². The molecule has 138 valence electrons. The number of esters is 1. The number of carbonyl (C=O) groups is 1. The number of para-hydroxylation sites is 2. The molecule has 5 rings (SSSR count). The molecule has 0 atom stereocenters. The molecule has 0 unspecified atom stereocenters. The average Bonchev–Trinajstić information content (AvgIpc) is 3.30. The number of hydrogen-bond acceptors (Lipinski definition) is 7. The van der Waals surface area contributed by atoms with E-state index in [9.17, 15) is 9.90 Å². The number of aromatic nitrogens is 2. The molecule has 0 bridgehead atoms. The van der Waals surface area contributed by atoms with Crippen LogP contribution in [0.25, 0.3) is 42.7 Å². The summed E-state index contributed by atoms with van der Waals surface area (Å²) in [6.45, 7) is 1.91. The molecule has 3 aromatic heterocycles. The van der Waals surface area contributed by atoms with Crippen LogP contribution in [0.4, 0.5) is 0 Å². The monoisotopic (exact) mass is 390 g/mol. The number of rotatable bonds is 3. The minimum atomic E-state index is -0.656. The summed E-state index contributed by atoms with van der Waals surface area (Å²) in [5.41, 5.74) is 2.78. The van der Waals surface area contributed by atoms with E-state index in [1.54, 1.807) is 6.92 Å². The van der Waals surface area contributed by atoms with E-state index in [1.165, 1.54) is 17.5 Å². The molecule has 7 heteroatoms. The second kappa shape index (κ2) is 6.31. The minimum absolute atomic E-state index is 0.105. The average molecular weight is 390 g/mol. The zero-order valence-corrected chi connectivity index (χ0v) is 15.6. The molecule has 0 fully saturated rings. The zero-order chi connectivity index (χ0) is 19.3. The summed E-state index contributed by atoms with van der Waals surface area (Å²) in [4.78, 5) is 20.6. The topological polar surface area (TPSA) is 85.5 Å². The fourth-order valence-corrected chi connectivity index (χ4v) is 4.27. The summed E-state index contributed by atoms with van der Waals surface area (Å²) in [5.74, 6) is -0.868. The van der Waals surface area contributed by atoms with Gasteiger partial charge in [0.25, 0.3) is 0 Å². The van der Waals surface area contributed by atoms with E-state index in [4.69, 9.17) is 9.15 Å². The lowest BCUT2D eigenvalue weighted by atomic mass is 10.1. The molecule has 0 amide bonds. The molecule has 0 aliphatic heterocycles. The maximum absolute atomic E-state index is 12.0. The fourth-order valence-electron chi connectivity index (χ4n) is 3.26. The van der Waals surface area contributed by atoms with Gasteiger partial charge < -0.3 is 14.3 Å². The third-order valence-corrected chi connectivity index (χ3v) is 5.62. The SMILES string of the molecule is CCOC(=O)c1ncc2nc(-c3cccc4c3oc3ccccc34)sc2c1O. The Bertz CT molecular complexity index is 1370. The van der Waals surface area contributed by atoms with E-state index < -0.39 is 5.97 Å². The molecule has 28 heavy (non-hydrogen) atoms. The van der Waals surface area contributed by atoms with Crippen LogP contribution in [-0.4, -0.2) is 27.7 Å². The Labute approximate surface area is 163 Å². The fraction of sp³-hybridized carbons (Fsp3) is 0.0952. The van der Waals surface area contributed by atoms with Crippen molar-refractivity contribution >= 4 is 49.5 Å². The summed E-state index contributed by atoms with van der Waals surface area (Å²) in [7, 11) is 0. The van der Waals surface area contributed by atoms with Crippen molar-refractivity contribution in [2.24, 2.45) is 0 Å². The molecule has 3 heterocycles. The van der Waals surface area contributed by atoms with Crippen molar-refractivity contribution in [2.45, 2.75) is 6.92 Å². The lowest BCUT2D eigenvalue weighted by Crippen LogP contribution is -2.07. The van der Waals surface area contributed by atoms with E-state index >= 15 is 0 Å². The molecule has 0 spiro atoms. The van der Waals surface area contributed by atoms with Crippen LogP contribution in [-0.2, 0) is 4.74 Å². The predicted octanol–water partition coefficient (Wildman–Crippen LogP) is 5.14. The highest BCUT2D eigenvalue weighted by Gasteiger charge is 2.21. The number of carbonyl (C=O) groups excluding carboxylic acids is 1. The van der Waals surface area contributed by atoms with Crippen LogP contribution in [0.2, 0.25) is 0 Å². The molecule has 2 aromatic carbocycles. The van der Waals surface area contributed by atoms with Gasteiger partial charge in [-0.3, -0.25) is 0 Å². The zero-order valence-electron chi connectivity index (χ0n) is 14.8.